The summed E-state index contributed by atoms with van der Waals surface area (Å²) in [6, 6.07) is 6.03. The van der Waals surface area contributed by atoms with Crippen molar-refractivity contribution in [1.29, 1.82) is 5.26 Å². The third kappa shape index (κ3) is 2.26. The topological polar surface area (TPSA) is 57.2 Å². The zero-order valence-corrected chi connectivity index (χ0v) is 10.9. The maximum atomic E-state index is 12.2. The van der Waals surface area contributed by atoms with Gasteiger partial charge in [0.2, 0.25) is 5.91 Å². The predicted molar refractivity (Wildman–Crippen MR) is 66.7 cm³/mol. The Labute approximate surface area is 107 Å². The minimum absolute atomic E-state index is 0.0421. The number of likely N-dealkylation sites (N-methyl/N-ethyl adjacent to an activating group) is 1. The number of rotatable bonds is 4. The fraction of sp³-hybridized carbons (Fsp3) is 0.571. The van der Waals surface area contributed by atoms with E-state index in [0.29, 0.717) is 25.8 Å². The van der Waals surface area contributed by atoms with Gasteiger partial charge in [0.15, 0.2) is 0 Å². The van der Waals surface area contributed by atoms with Crippen LogP contribution in [-0.2, 0) is 11.2 Å². The summed E-state index contributed by atoms with van der Waals surface area (Å²) in [4.78, 5) is 13.8. The zero-order valence-electron chi connectivity index (χ0n) is 10.9. The SMILES string of the molecule is Cc1ccc(CCN(C)C(=O)C2(C#N)CCC2)o1. The van der Waals surface area contributed by atoms with E-state index < -0.39 is 5.41 Å². The fourth-order valence-electron chi connectivity index (χ4n) is 2.27. The first-order valence-electron chi connectivity index (χ1n) is 6.29. The molecule has 2 rings (SSSR count). The average Bonchev–Trinajstić information content (AvgIpc) is 2.71. The molecule has 1 aromatic rings. The van der Waals surface area contributed by atoms with E-state index in [0.717, 1.165) is 17.9 Å². The lowest BCUT2D eigenvalue weighted by Crippen LogP contribution is -2.46. The van der Waals surface area contributed by atoms with E-state index in [1.807, 2.05) is 19.1 Å². The van der Waals surface area contributed by atoms with Crippen LogP contribution in [0, 0.1) is 23.7 Å². The summed E-state index contributed by atoms with van der Waals surface area (Å²) in [5.41, 5.74) is -0.742. The van der Waals surface area contributed by atoms with Gasteiger partial charge in [0.1, 0.15) is 16.9 Å². The van der Waals surface area contributed by atoms with E-state index >= 15 is 0 Å². The molecule has 4 heteroatoms. The van der Waals surface area contributed by atoms with Crippen LogP contribution >= 0.6 is 0 Å². The molecule has 0 N–H and O–H groups in total. The number of amides is 1. The molecule has 1 amide bonds. The molecule has 0 spiro atoms. The number of hydrogen-bond donors (Lipinski definition) is 0. The molecule has 96 valence electrons. The summed E-state index contributed by atoms with van der Waals surface area (Å²) >= 11 is 0. The Balaban J connectivity index is 1.90. The molecule has 0 radical (unpaired) electrons. The van der Waals surface area contributed by atoms with Crippen molar-refractivity contribution in [3.63, 3.8) is 0 Å². The number of nitriles is 1. The quantitative estimate of drug-likeness (QED) is 0.819. The standard InChI is InChI=1S/C14H18N2O2/c1-11-4-5-12(18-11)6-9-16(2)13(17)14(10-15)7-3-8-14/h4-5H,3,6-9H2,1-2H3. The van der Waals surface area contributed by atoms with Gasteiger partial charge in [-0.25, -0.2) is 0 Å². The molecule has 18 heavy (non-hydrogen) atoms. The Bertz CT molecular complexity index is 480. The summed E-state index contributed by atoms with van der Waals surface area (Å²) in [6.07, 6.45) is 3.07. The number of nitrogens with zero attached hydrogens (tertiary/aromatic N) is 2. The summed E-state index contributed by atoms with van der Waals surface area (Å²) < 4.78 is 5.46. The first-order chi connectivity index (χ1) is 8.57. The highest BCUT2D eigenvalue weighted by atomic mass is 16.3. The highest BCUT2D eigenvalue weighted by molar-refractivity contribution is 5.86. The molecule has 4 nitrogen and oxygen atoms in total. The molecule has 1 aromatic heterocycles. The second-order valence-electron chi connectivity index (χ2n) is 5.04. The maximum Gasteiger partial charge on any atom is 0.242 e. The van der Waals surface area contributed by atoms with Crippen LogP contribution in [0.3, 0.4) is 0 Å². The molecular formula is C14H18N2O2. The van der Waals surface area contributed by atoms with E-state index in [1.54, 1.807) is 11.9 Å². The third-order valence-corrected chi connectivity index (χ3v) is 3.67. The number of hydrogen-bond acceptors (Lipinski definition) is 3. The van der Waals surface area contributed by atoms with Crippen molar-refractivity contribution in [3.8, 4) is 6.07 Å². The molecule has 0 unspecified atom stereocenters. The first kappa shape index (κ1) is 12.7. The second kappa shape index (κ2) is 4.85. The van der Waals surface area contributed by atoms with E-state index in [2.05, 4.69) is 6.07 Å². The van der Waals surface area contributed by atoms with Gasteiger partial charge in [-0.05, 0) is 38.3 Å². The van der Waals surface area contributed by atoms with E-state index in [4.69, 9.17) is 9.68 Å². The highest BCUT2D eigenvalue weighted by Crippen LogP contribution is 2.41. The van der Waals surface area contributed by atoms with Gasteiger partial charge in [0.25, 0.3) is 0 Å². The molecule has 1 aliphatic rings. The Morgan fingerprint density at radius 2 is 2.28 bits per heavy atom. The van der Waals surface area contributed by atoms with Crippen molar-refractivity contribution in [3.05, 3.63) is 23.7 Å². The summed E-state index contributed by atoms with van der Waals surface area (Å²) in [7, 11) is 1.76. The third-order valence-electron chi connectivity index (χ3n) is 3.67. The van der Waals surface area contributed by atoms with Gasteiger partial charge >= 0.3 is 0 Å². The van der Waals surface area contributed by atoms with Crippen LogP contribution in [0.4, 0.5) is 0 Å². The molecule has 0 bridgehead atoms. The molecule has 1 fully saturated rings. The van der Waals surface area contributed by atoms with Crippen molar-refractivity contribution in [2.24, 2.45) is 5.41 Å². The van der Waals surface area contributed by atoms with Crippen LogP contribution in [0.25, 0.3) is 0 Å². The fourth-order valence-corrected chi connectivity index (χ4v) is 2.27. The molecule has 1 heterocycles. The van der Waals surface area contributed by atoms with Gasteiger partial charge in [0, 0.05) is 20.0 Å². The second-order valence-corrected chi connectivity index (χ2v) is 5.04. The van der Waals surface area contributed by atoms with Gasteiger partial charge < -0.3 is 9.32 Å². The van der Waals surface area contributed by atoms with Crippen LogP contribution in [0.2, 0.25) is 0 Å². The Kier molecular flexibility index (Phi) is 3.42. The first-order valence-corrected chi connectivity index (χ1v) is 6.29. The normalized spacial score (nSPS) is 16.7. The van der Waals surface area contributed by atoms with Crippen LogP contribution in [0.5, 0.6) is 0 Å². The van der Waals surface area contributed by atoms with Crippen molar-refractivity contribution in [2.75, 3.05) is 13.6 Å². The molecule has 0 saturated heterocycles. The van der Waals surface area contributed by atoms with E-state index in [1.165, 1.54) is 0 Å². The predicted octanol–water partition coefficient (Wildman–Crippen LogP) is 2.28. The average molecular weight is 246 g/mol. The molecule has 1 saturated carbocycles. The lowest BCUT2D eigenvalue weighted by Gasteiger charge is -2.36. The number of furan rings is 1. The largest absolute Gasteiger partial charge is 0.466 e. The highest BCUT2D eigenvalue weighted by Gasteiger charge is 2.46. The summed E-state index contributed by atoms with van der Waals surface area (Å²) in [6.45, 7) is 2.49. The number of carbonyl (C=O) groups excluding carboxylic acids is 1. The van der Waals surface area contributed by atoms with E-state index in [9.17, 15) is 4.79 Å². The van der Waals surface area contributed by atoms with Crippen molar-refractivity contribution < 1.29 is 9.21 Å². The maximum absolute atomic E-state index is 12.2. The van der Waals surface area contributed by atoms with Gasteiger partial charge in [-0.1, -0.05) is 0 Å². The Morgan fingerprint density at radius 1 is 1.56 bits per heavy atom. The number of carbonyl (C=O) groups is 1. The summed E-state index contributed by atoms with van der Waals surface area (Å²) in [5.74, 6) is 1.72. The Hall–Kier alpha value is -1.76. The molecular weight excluding hydrogens is 228 g/mol. The smallest absolute Gasteiger partial charge is 0.242 e. The number of aryl methyl sites for hydroxylation is 1. The molecule has 1 aliphatic carbocycles. The van der Waals surface area contributed by atoms with Gasteiger partial charge in [0.05, 0.1) is 6.07 Å². The monoisotopic (exact) mass is 246 g/mol. The van der Waals surface area contributed by atoms with Gasteiger partial charge in [-0.3, -0.25) is 4.79 Å². The zero-order chi connectivity index (χ0) is 13.2. The van der Waals surface area contributed by atoms with Crippen LogP contribution in [-0.4, -0.2) is 24.4 Å². The lowest BCUT2D eigenvalue weighted by atomic mass is 9.69. The van der Waals surface area contributed by atoms with Gasteiger partial charge in [-0.2, -0.15) is 5.26 Å². The van der Waals surface area contributed by atoms with E-state index in [-0.39, 0.29) is 5.91 Å². The Morgan fingerprint density at radius 3 is 2.72 bits per heavy atom. The summed E-state index contributed by atoms with van der Waals surface area (Å²) in [5, 5.41) is 9.13. The molecule has 0 atom stereocenters. The van der Waals surface area contributed by atoms with Gasteiger partial charge in [-0.15, -0.1) is 0 Å². The van der Waals surface area contributed by atoms with Crippen molar-refractivity contribution in [1.82, 2.24) is 4.90 Å². The minimum Gasteiger partial charge on any atom is -0.466 e. The molecule has 0 aromatic carbocycles. The van der Waals surface area contributed by atoms with Crippen LogP contribution < -0.4 is 0 Å². The van der Waals surface area contributed by atoms with Crippen molar-refractivity contribution in [2.45, 2.75) is 32.6 Å². The van der Waals surface area contributed by atoms with Crippen LogP contribution in [0.15, 0.2) is 16.5 Å². The van der Waals surface area contributed by atoms with Crippen molar-refractivity contribution >= 4 is 5.91 Å². The lowest BCUT2D eigenvalue weighted by molar-refractivity contribution is -0.141. The van der Waals surface area contributed by atoms with Crippen LogP contribution in [0.1, 0.15) is 30.8 Å². The molecule has 0 aliphatic heterocycles. The minimum atomic E-state index is -0.742.